The Balaban J connectivity index is 2.10. The summed E-state index contributed by atoms with van der Waals surface area (Å²) in [5.41, 5.74) is 2.18. The van der Waals surface area contributed by atoms with E-state index in [9.17, 15) is 0 Å². The molecule has 0 bridgehead atoms. The van der Waals surface area contributed by atoms with Gasteiger partial charge in [0.25, 0.3) is 0 Å². The summed E-state index contributed by atoms with van der Waals surface area (Å²) in [5, 5.41) is 7.54. The Morgan fingerprint density at radius 3 is 2.88 bits per heavy atom. The van der Waals surface area contributed by atoms with Gasteiger partial charge in [-0.05, 0) is 32.0 Å². The Labute approximate surface area is 102 Å². The number of aryl methyl sites for hydroxylation is 1. The summed E-state index contributed by atoms with van der Waals surface area (Å²) in [6, 6.07) is 4.03. The molecule has 92 valence electrons. The first kappa shape index (κ1) is 11.9. The monoisotopic (exact) mass is 233 g/mol. The Morgan fingerprint density at radius 2 is 2.24 bits per heavy atom. The van der Waals surface area contributed by atoms with Crippen LogP contribution in [0.25, 0.3) is 11.3 Å². The molecule has 0 aliphatic carbocycles. The highest BCUT2D eigenvalue weighted by Crippen LogP contribution is 2.24. The van der Waals surface area contributed by atoms with Crippen molar-refractivity contribution in [1.82, 2.24) is 15.1 Å². The molecule has 0 unspecified atom stereocenters. The highest BCUT2D eigenvalue weighted by Gasteiger charge is 2.10. The van der Waals surface area contributed by atoms with E-state index in [1.165, 1.54) is 0 Å². The molecule has 4 nitrogen and oxygen atoms in total. The molecule has 0 radical (unpaired) electrons. The van der Waals surface area contributed by atoms with E-state index < -0.39 is 0 Å². The van der Waals surface area contributed by atoms with Crippen molar-refractivity contribution in [3.8, 4) is 11.3 Å². The SMILES string of the molecule is CCCNCc1ccc(-c2cnn(C)c2C)o1. The maximum absolute atomic E-state index is 5.79. The summed E-state index contributed by atoms with van der Waals surface area (Å²) in [5.74, 6) is 1.86. The number of nitrogens with one attached hydrogen (secondary N) is 1. The smallest absolute Gasteiger partial charge is 0.137 e. The minimum atomic E-state index is 0.785. The molecule has 17 heavy (non-hydrogen) atoms. The molecule has 4 heteroatoms. The second-order valence-corrected chi connectivity index (χ2v) is 4.21. The van der Waals surface area contributed by atoms with Crippen LogP contribution in [0.3, 0.4) is 0 Å². The van der Waals surface area contributed by atoms with Crippen molar-refractivity contribution in [2.45, 2.75) is 26.8 Å². The normalized spacial score (nSPS) is 11.0. The molecule has 0 atom stereocenters. The van der Waals surface area contributed by atoms with Crippen LogP contribution in [0.2, 0.25) is 0 Å². The summed E-state index contributed by atoms with van der Waals surface area (Å²) < 4.78 is 7.65. The van der Waals surface area contributed by atoms with Gasteiger partial charge in [0.2, 0.25) is 0 Å². The van der Waals surface area contributed by atoms with E-state index in [4.69, 9.17) is 4.42 Å². The molecule has 2 rings (SSSR count). The van der Waals surface area contributed by atoms with Crippen LogP contribution in [0.4, 0.5) is 0 Å². The van der Waals surface area contributed by atoms with Crippen LogP contribution in [0, 0.1) is 6.92 Å². The third-order valence-corrected chi connectivity index (χ3v) is 2.89. The van der Waals surface area contributed by atoms with Gasteiger partial charge >= 0.3 is 0 Å². The molecule has 0 saturated carbocycles. The average molecular weight is 233 g/mol. The van der Waals surface area contributed by atoms with Crippen molar-refractivity contribution >= 4 is 0 Å². The molecule has 0 fully saturated rings. The summed E-state index contributed by atoms with van der Waals surface area (Å²) in [7, 11) is 1.94. The number of hydrogen-bond donors (Lipinski definition) is 1. The van der Waals surface area contributed by atoms with E-state index in [2.05, 4.69) is 17.3 Å². The van der Waals surface area contributed by atoms with Crippen LogP contribution in [0.1, 0.15) is 24.8 Å². The van der Waals surface area contributed by atoms with Gasteiger partial charge < -0.3 is 9.73 Å². The first-order valence-corrected chi connectivity index (χ1v) is 6.00. The van der Waals surface area contributed by atoms with Gasteiger partial charge in [-0.25, -0.2) is 0 Å². The fourth-order valence-electron chi connectivity index (χ4n) is 1.75. The Hall–Kier alpha value is -1.55. The quantitative estimate of drug-likeness (QED) is 0.807. The lowest BCUT2D eigenvalue weighted by Crippen LogP contribution is -2.12. The van der Waals surface area contributed by atoms with Crippen LogP contribution in [0.5, 0.6) is 0 Å². The number of furan rings is 1. The maximum atomic E-state index is 5.79. The van der Waals surface area contributed by atoms with Gasteiger partial charge in [0.15, 0.2) is 0 Å². The first-order chi connectivity index (χ1) is 8.22. The van der Waals surface area contributed by atoms with Gasteiger partial charge in [0.05, 0.1) is 18.3 Å². The third-order valence-electron chi connectivity index (χ3n) is 2.89. The molecule has 0 saturated heterocycles. The third kappa shape index (κ3) is 2.58. The number of rotatable bonds is 5. The fraction of sp³-hybridized carbons (Fsp3) is 0.462. The zero-order chi connectivity index (χ0) is 12.3. The Bertz CT molecular complexity index is 485. The lowest BCUT2D eigenvalue weighted by atomic mass is 10.2. The molecule has 1 N–H and O–H groups in total. The van der Waals surface area contributed by atoms with E-state index in [1.807, 2.05) is 37.0 Å². The first-order valence-electron chi connectivity index (χ1n) is 6.00. The largest absolute Gasteiger partial charge is 0.460 e. The molecule has 0 amide bonds. The maximum Gasteiger partial charge on any atom is 0.137 e. The second-order valence-electron chi connectivity index (χ2n) is 4.21. The summed E-state index contributed by atoms with van der Waals surface area (Å²) >= 11 is 0. The molecule has 0 spiro atoms. The minimum absolute atomic E-state index is 0.785. The number of hydrogen-bond acceptors (Lipinski definition) is 3. The molecule has 2 aromatic rings. The standard InChI is InChI=1S/C13H19N3O/c1-4-7-14-8-11-5-6-13(17-11)12-9-15-16(3)10(12)2/h5-6,9,14H,4,7-8H2,1-3H3. The lowest BCUT2D eigenvalue weighted by Gasteiger charge is -1.99. The molecule has 2 heterocycles. The summed E-state index contributed by atoms with van der Waals surface area (Å²) in [6.07, 6.45) is 2.98. The molecule has 0 aliphatic heterocycles. The topological polar surface area (TPSA) is 43.0 Å². The summed E-state index contributed by atoms with van der Waals surface area (Å²) in [4.78, 5) is 0. The van der Waals surface area contributed by atoms with Gasteiger partial charge in [-0.15, -0.1) is 0 Å². The van der Waals surface area contributed by atoms with Crippen molar-refractivity contribution < 1.29 is 4.42 Å². The fourth-order valence-corrected chi connectivity index (χ4v) is 1.75. The van der Waals surface area contributed by atoms with Crippen LogP contribution in [-0.2, 0) is 13.6 Å². The van der Waals surface area contributed by atoms with E-state index in [0.29, 0.717) is 0 Å². The lowest BCUT2D eigenvalue weighted by molar-refractivity contribution is 0.493. The Morgan fingerprint density at radius 1 is 1.41 bits per heavy atom. The predicted molar refractivity (Wildman–Crippen MR) is 67.6 cm³/mol. The Kier molecular flexibility index (Phi) is 3.64. The minimum Gasteiger partial charge on any atom is -0.460 e. The van der Waals surface area contributed by atoms with Crippen LogP contribution < -0.4 is 5.32 Å². The van der Waals surface area contributed by atoms with Crippen molar-refractivity contribution in [2.24, 2.45) is 7.05 Å². The van der Waals surface area contributed by atoms with E-state index >= 15 is 0 Å². The highest BCUT2D eigenvalue weighted by atomic mass is 16.3. The molecular formula is C13H19N3O. The average Bonchev–Trinajstić information content (AvgIpc) is 2.89. The van der Waals surface area contributed by atoms with Crippen molar-refractivity contribution in [3.63, 3.8) is 0 Å². The van der Waals surface area contributed by atoms with Gasteiger partial charge in [-0.1, -0.05) is 6.92 Å². The molecule has 2 aromatic heterocycles. The van der Waals surface area contributed by atoms with Crippen LogP contribution >= 0.6 is 0 Å². The van der Waals surface area contributed by atoms with Crippen molar-refractivity contribution in [2.75, 3.05) is 6.54 Å². The molecule has 0 aromatic carbocycles. The van der Waals surface area contributed by atoms with Gasteiger partial charge in [-0.2, -0.15) is 5.10 Å². The second kappa shape index (κ2) is 5.19. The van der Waals surface area contributed by atoms with Gasteiger partial charge in [-0.3, -0.25) is 4.68 Å². The molecular weight excluding hydrogens is 214 g/mol. The van der Waals surface area contributed by atoms with Crippen LogP contribution in [-0.4, -0.2) is 16.3 Å². The number of aromatic nitrogens is 2. The van der Waals surface area contributed by atoms with E-state index in [0.717, 1.165) is 42.3 Å². The van der Waals surface area contributed by atoms with Crippen LogP contribution in [0.15, 0.2) is 22.7 Å². The summed E-state index contributed by atoms with van der Waals surface area (Å²) in [6.45, 7) is 5.99. The number of nitrogens with zero attached hydrogens (tertiary/aromatic N) is 2. The molecule has 0 aliphatic rings. The zero-order valence-corrected chi connectivity index (χ0v) is 10.7. The van der Waals surface area contributed by atoms with Gasteiger partial charge in [0, 0.05) is 12.7 Å². The van der Waals surface area contributed by atoms with Crippen molar-refractivity contribution in [3.05, 3.63) is 29.8 Å². The van der Waals surface area contributed by atoms with Crippen molar-refractivity contribution in [1.29, 1.82) is 0 Å². The van der Waals surface area contributed by atoms with E-state index in [-0.39, 0.29) is 0 Å². The highest BCUT2D eigenvalue weighted by molar-refractivity contribution is 5.59. The van der Waals surface area contributed by atoms with Gasteiger partial charge in [0.1, 0.15) is 11.5 Å². The predicted octanol–water partition coefficient (Wildman–Crippen LogP) is 2.49. The van der Waals surface area contributed by atoms with E-state index in [1.54, 1.807) is 0 Å². The zero-order valence-electron chi connectivity index (χ0n) is 10.7.